The van der Waals surface area contributed by atoms with Gasteiger partial charge < -0.3 is 0 Å². The van der Waals surface area contributed by atoms with Crippen molar-refractivity contribution < 1.29 is 0 Å². The first-order valence-electron chi connectivity index (χ1n) is 15.1. The number of allylic oxidation sites excluding steroid dienone is 7. The van der Waals surface area contributed by atoms with Crippen molar-refractivity contribution in [3.05, 3.63) is 141 Å². The summed E-state index contributed by atoms with van der Waals surface area (Å²) >= 11 is 0. The van der Waals surface area contributed by atoms with Crippen LogP contribution >= 0.6 is 0 Å². The Morgan fingerprint density at radius 2 is 1.32 bits per heavy atom. The van der Waals surface area contributed by atoms with Crippen LogP contribution in [-0.4, -0.2) is 0 Å². The predicted octanol–water partition coefficient (Wildman–Crippen LogP) is 9.04. The topological polar surface area (TPSA) is 0 Å². The van der Waals surface area contributed by atoms with Gasteiger partial charge in [0.1, 0.15) is 0 Å². The zero-order valence-electron chi connectivity index (χ0n) is 23.0. The van der Waals surface area contributed by atoms with Gasteiger partial charge in [-0.05, 0) is 116 Å². The van der Waals surface area contributed by atoms with Gasteiger partial charge in [0, 0.05) is 5.92 Å². The summed E-state index contributed by atoms with van der Waals surface area (Å²) in [6, 6.07) is 27.6. The molecule has 0 bridgehead atoms. The Bertz CT molecular complexity index is 1910. The maximum Gasteiger partial charge on any atom is 0.0136 e. The van der Waals surface area contributed by atoms with Crippen molar-refractivity contribution in [1.29, 1.82) is 0 Å². The average Bonchev–Trinajstić information content (AvgIpc) is 3.03. The normalized spacial score (nSPS) is 19.3. The van der Waals surface area contributed by atoms with Gasteiger partial charge in [0.2, 0.25) is 0 Å². The summed E-state index contributed by atoms with van der Waals surface area (Å²) in [7, 11) is 0. The zero-order valence-corrected chi connectivity index (χ0v) is 23.0. The second kappa shape index (κ2) is 9.79. The Morgan fingerprint density at radius 3 is 2.17 bits per heavy atom. The lowest BCUT2D eigenvalue weighted by molar-refractivity contribution is 0.807. The molecule has 0 nitrogen and oxygen atoms in total. The first kappa shape index (κ1) is 23.7. The highest BCUT2D eigenvalue weighted by atomic mass is 14.3. The first-order valence-corrected chi connectivity index (χ1v) is 15.1. The maximum absolute atomic E-state index is 2.58. The van der Waals surface area contributed by atoms with Crippen LogP contribution in [0.1, 0.15) is 66.7 Å². The van der Waals surface area contributed by atoms with Gasteiger partial charge in [0.25, 0.3) is 0 Å². The lowest BCUT2D eigenvalue weighted by atomic mass is 9.73. The first-order chi connectivity index (χ1) is 19.8. The van der Waals surface area contributed by atoms with Crippen LogP contribution in [-0.2, 0) is 6.42 Å². The molecule has 0 N–H and O–H groups in total. The number of aryl methyl sites for hydroxylation is 1. The van der Waals surface area contributed by atoms with E-state index >= 15 is 0 Å². The molecule has 0 aliphatic heterocycles. The molecule has 0 radical (unpaired) electrons. The van der Waals surface area contributed by atoms with E-state index in [4.69, 9.17) is 0 Å². The Hall–Kier alpha value is -4.16. The third-order valence-corrected chi connectivity index (χ3v) is 9.40. The summed E-state index contributed by atoms with van der Waals surface area (Å²) in [6.45, 7) is 0. The third-order valence-electron chi connectivity index (χ3n) is 9.40. The number of benzene rings is 4. The quantitative estimate of drug-likeness (QED) is 0.256. The molecule has 1 unspecified atom stereocenters. The minimum Gasteiger partial charge on any atom is -0.0839 e. The fraction of sp³-hybridized carbons (Fsp3) is 0.200. The highest BCUT2D eigenvalue weighted by molar-refractivity contribution is 6.05. The van der Waals surface area contributed by atoms with E-state index in [0.717, 1.165) is 44.9 Å². The van der Waals surface area contributed by atoms with Crippen molar-refractivity contribution >= 4 is 34.6 Å². The molecule has 0 aromatic heterocycles. The van der Waals surface area contributed by atoms with Crippen LogP contribution in [0.4, 0.5) is 0 Å². The van der Waals surface area contributed by atoms with Crippen molar-refractivity contribution in [2.75, 3.05) is 0 Å². The van der Waals surface area contributed by atoms with Crippen LogP contribution in [0.3, 0.4) is 0 Å². The SMILES string of the molecule is C1=CC2=C(C=C(c3c4c(c(-c5ccc6c(c5)CCC=C6)c5ccccc35)=CCCC=4)C(c3ccccc3)C2)CC1. The molecule has 1 atom stereocenters. The Balaban J connectivity index is 1.44. The van der Waals surface area contributed by atoms with Gasteiger partial charge in [-0.25, -0.2) is 0 Å². The van der Waals surface area contributed by atoms with E-state index in [1.165, 1.54) is 71.3 Å². The second-order valence-electron chi connectivity index (χ2n) is 11.7. The van der Waals surface area contributed by atoms with E-state index in [2.05, 4.69) is 115 Å². The Morgan fingerprint density at radius 1 is 0.600 bits per heavy atom. The van der Waals surface area contributed by atoms with Crippen molar-refractivity contribution in [2.24, 2.45) is 0 Å². The largest absolute Gasteiger partial charge is 0.0839 e. The standard InChI is InChI=1S/C40H34/c1-2-13-28(14-3-1)37-25-30-16-6-7-17-31(30)26-38(37)40-35-20-10-8-18-33(35)39(34-19-9-11-21-36(34)40)32-23-22-27-12-4-5-15-29(27)24-32/h1-4,6,8,10,12-14,16,18-24,26,37H,5,7,9,11,15,17,25H2. The molecule has 8 rings (SSSR count). The van der Waals surface area contributed by atoms with E-state index in [9.17, 15) is 0 Å². The highest BCUT2D eigenvalue weighted by Gasteiger charge is 2.28. The zero-order chi connectivity index (χ0) is 26.5. The molecule has 0 saturated heterocycles. The number of hydrogen-bond donors (Lipinski definition) is 0. The van der Waals surface area contributed by atoms with Gasteiger partial charge in [-0.15, -0.1) is 0 Å². The van der Waals surface area contributed by atoms with Gasteiger partial charge >= 0.3 is 0 Å². The van der Waals surface area contributed by atoms with Gasteiger partial charge in [0.05, 0.1) is 0 Å². The van der Waals surface area contributed by atoms with Crippen LogP contribution in [0.2, 0.25) is 0 Å². The fourth-order valence-electron chi connectivity index (χ4n) is 7.51. The average molecular weight is 515 g/mol. The Kier molecular flexibility index (Phi) is 5.80. The summed E-state index contributed by atoms with van der Waals surface area (Å²) in [5, 5.41) is 5.65. The molecule has 4 aromatic carbocycles. The number of hydrogen-bond acceptors (Lipinski definition) is 0. The third kappa shape index (κ3) is 3.89. The van der Waals surface area contributed by atoms with Gasteiger partial charge in [-0.3, -0.25) is 0 Å². The van der Waals surface area contributed by atoms with Crippen molar-refractivity contribution in [2.45, 2.75) is 50.9 Å². The molecular weight excluding hydrogens is 480 g/mol. The molecule has 4 aliphatic rings. The van der Waals surface area contributed by atoms with Gasteiger partial charge in [-0.2, -0.15) is 0 Å². The van der Waals surface area contributed by atoms with Crippen LogP contribution in [0.5, 0.6) is 0 Å². The number of fused-ring (bicyclic) bond motifs is 3. The smallest absolute Gasteiger partial charge is 0.0136 e. The molecular formula is C40H34. The molecule has 0 saturated carbocycles. The molecule has 40 heavy (non-hydrogen) atoms. The van der Waals surface area contributed by atoms with E-state index in [1.54, 1.807) is 0 Å². The monoisotopic (exact) mass is 514 g/mol. The predicted molar refractivity (Wildman–Crippen MR) is 171 cm³/mol. The molecule has 0 heterocycles. The molecule has 4 aliphatic carbocycles. The van der Waals surface area contributed by atoms with Crippen molar-refractivity contribution in [3.63, 3.8) is 0 Å². The van der Waals surface area contributed by atoms with E-state index in [1.807, 2.05) is 0 Å². The molecule has 0 heteroatoms. The minimum atomic E-state index is 0.354. The van der Waals surface area contributed by atoms with Crippen LogP contribution in [0.25, 0.3) is 45.7 Å². The molecule has 0 fully saturated rings. The van der Waals surface area contributed by atoms with Crippen molar-refractivity contribution in [1.82, 2.24) is 0 Å². The second-order valence-corrected chi connectivity index (χ2v) is 11.7. The van der Waals surface area contributed by atoms with Crippen LogP contribution in [0, 0.1) is 0 Å². The lowest BCUT2D eigenvalue weighted by Gasteiger charge is -2.31. The minimum absolute atomic E-state index is 0.354. The van der Waals surface area contributed by atoms with E-state index < -0.39 is 0 Å². The lowest BCUT2D eigenvalue weighted by Crippen LogP contribution is -2.34. The van der Waals surface area contributed by atoms with E-state index in [-0.39, 0.29) is 0 Å². The fourth-order valence-corrected chi connectivity index (χ4v) is 7.51. The molecule has 0 amide bonds. The summed E-state index contributed by atoms with van der Waals surface area (Å²) < 4.78 is 0. The molecule has 0 spiro atoms. The van der Waals surface area contributed by atoms with Crippen LogP contribution in [0.15, 0.2) is 108 Å². The molecule has 4 aromatic rings. The molecule has 194 valence electrons. The van der Waals surface area contributed by atoms with E-state index in [0.29, 0.717) is 5.92 Å². The van der Waals surface area contributed by atoms with Gasteiger partial charge in [-0.1, -0.05) is 115 Å². The van der Waals surface area contributed by atoms with Crippen LogP contribution < -0.4 is 10.4 Å². The van der Waals surface area contributed by atoms with Gasteiger partial charge in [0.15, 0.2) is 0 Å². The number of rotatable bonds is 3. The Labute approximate surface area is 237 Å². The highest BCUT2D eigenvalue weighted by Crippen LogP contribution is 2.45. The summed E-state index contributed by atoms with van der Waals surface area (Å²) in [6.07, 6.45) is 24.8. The van der Waals surface area contributed by atoms with Crippen molar-refractivity contribution in [3.8, 4) is 11.1 Å². The summed E-state index contributed by atoms with van der Waals surface area (Å²) in [5.74, 6) is 0.354. The summed E-state index contributed by atoms with van der Waals surface area (Å²) in [4.78, 5) is 0. The maximum atomic E-state index is 2.58. The summed E-state index contributed by atoms with van der Waals surface area (Å²) in [5.41, 5.74) is 13.1.